The zero-order valence-electron chi connectivity index (χ0n) is 16.7. The maximum Gasteiger partial charge on any atom is 0.244 e. The first-order valence-corrected chi connectivity index (χ1v) is 9.94. The smallest absolute Gasteiger partial charge is 0.244 e. The van der Waals surface area contributed by atoms with Crippen molar-refractivity contribution in [3.05, 3.63) is 77.4 Å². The highest BCUT2D eigenvalue weighted by atomic mass is 35.5. The molecule has 1 aromatic heterocycles. The van der Waals surface area contributed by atoms with Crippen molar-refractivity contribution >= 4 is 46.3 Å². The molecule has 0 unspecified atom stereocenters. The molecule has 156 valence electrons. The highest BCUT2D eigenvalue weighted by molar-refractivity contribution is 6.30. The molecule has 31 heavy (non-hydrogen) atoms. The number of halogens is 1. The average Bonchev–Trinajstić information content (AvgIpc) is 2.92. The third kappa shape index (κ3) is 4.73. The number of ether oxygens (including phenoxy) is 1. The molecule has 3 aromatic rings. The highest BCUT2D eigenvalue weighted by Crippen LogP contribution is 2.31. The van der Waals surface area contributed by atoms with Crippen molar-refractivity contribution in [2.24, 2.45) is 4.99 Å². The van der Waals surface area contributed by atoms with E-state index in [4.69, 9.17) is 16.3 Å². The first kappa shape index (κ1) is 20.6. The maximum absolute atomic E-state index is 13.1. The number of amides is 2. The van der Waals surface area contributed by atoms with Gasteiger partial charge in [-0.25, -0.2) is 9.98 Å². The summed E-state index contributed by atoms with van der Waals surface area (Å²) in [5, 5.41) is 3.34. The molecule has 0 saturated carbocycles. The van der Waals surface area contributed by atoms with Gasteiger partial charge in [0.1, 0.15) is 18.0 Å². The molecule has 2 heterocycles. The molecule has 1 aliphatic heterocycles. The number of carbonyl (C=O) groups is 2. The van der Waals surface area contributed by atoms with Crippen LogP contribution in [0.5, 0.6) is 5.75 Å². The van der Waals surface area contributed by atoms with Gasteiger partial charge in [0.2, 0.25) is 11.8 Å². The number of aromatic nitrogens is 1. The number of hydrogen-bond donors (Lipinski definition) is 1. The number of pyridine rings is 1. The number of methoxy groups -OCH3 is 1. The summed E-state index contributed by atoms with van der Waals surface area (Å²) in [5.41, 5.74) is 2.52. The monoisotopic (exact) mass is 434 g/mol. The first-order valence-electron chi connectivity index (χ1n) is 9.56. The third-order valence-corrected chi connectivity index (χ3v) is 5.00. The van der Waals surface area contributed by atoms with Gasteiger partial charge in [0, 0.05) is 16.9 Å². The van der Waals surface area contributed by atoms with Crippen LogP contribution < -0.4 is 15.0 Å². The molecule has 0 fully saturated rings. The number of benzene rings is 2. The number of nitrogens with zero attached hydrogens (tertiary/aromatic N) is 3. The van der Waals surface area contributed by atoms with E-state index in [0.29, 0.717) is 33.7 Å². The number of anilines is 2. The van der Waals surface area contributed by atoms with Crippen molar-refractivity contribution < 1.29 is 14.3 Å². The van der Waals surface area contributed by atoms with E-state index in [1.54, 1.807) is 49.7 Å². The van der Waals surface area contributed by atoms with Gasteiger partial charge < -0.3 is 10.1 Å². The minimum atomic E-state index is -0.347. The van der Waals surface area contributed by atoms with E-state index in [-0.39, 0.29) is 24.8 Å². The number of fused-ring (bicyclic) bond motifs is 1. The SMILES string of the molecule is COc1ccc(C2=Nc3cccnc3N(CC(=O)Nc3ccc(Cl)cc3)C(=O)C2)cc1. The molecule has 0 spiro atoms. The van der Waals surface area contributed by atoms with Gasteiger partial charge in [-0.2, -0.15) is 0 Å². The molecule has 8 heteroatoms. The normalized spacial score (nSPS) is 13.2. The summed E-state index contributed by atoms with van der Waals surface area (Å²) in [6, 6.07) is 17.6. The van der Waals surface area contributed by atoms with Crippen molar-refractivity contribution in [3.63, 3.8) is 0 Å². The van der Waals surface area contributed by atoms with Crippen LogP contribution in [-0.2, 0) is 9.59 Å². The summed E-state index contributed by atoms with van der Waals surface area (Å²) in [4.78, 5) is 36.1. The van der Waals surface area contributed by atoms with E-state index in [1.165, 1.54) is 4.90 Å². The Bertz CT molecular complexity index is 1140. The lowest BCUT2D eigenvalue weighted by atomic mass is 10.1. The van der Waals surface area contributed by atoms with Crippen LogP contribution in [0.4, 0.5) is 17.2 Å². The van der Waals surface area contributed by atoms with Crippen molar-refractivity contribution in [3.8, 4) is 5.75 Å². The third-order valence-electron chi connectivity index (χ3n) is 4.75. The quantitative estimate of drug-likeness (QED) is 0.651. The van der Waals surface area contributed by atoms with E-state index in [9.17, 15) is 9.59 Å². The largest absolute Gasteiger partial charge is 0.497 e. The van der Waals surface area contributed by atoms with Crippen LogP contribution >= 0.6 is 11.6 Å². The Labute approximate surface area is 184 Å². The molecule has 7 nitrogen and oxygen atoms in total. The Hall–Kier alpha value is -3.71. The van der Waals surface area contributed by atoms with Crippen LogP contribution in [0, 0.1) is 0 Å². The second-order valence-corrected chi connectivity index (χ2v) is 7.28. The fourth-order valence-corrected chi connectivity index (χ4v) is 3.34. The molecular formula is C23H19ClN4O3. The molecule has 2 amide bonds. The predicted octanol–water partition coefficient (Wildman–Crippen LogP) is 4.24. The fourth-order valence-electron chi connectivity index (χ4n) is 3.22. The van der Waals surface area contributed by atoms with Gasteiger partial charge in [-0.3, -0.25) is 14.5 Å². The number of nitrogens with one attached hydrogen (secondary N) is 1. The van der Waals surface area contributed by atoms with Crippen LogP contribution in [0.15, 0.2) is 71.9 Å². The van der Waals surface area contributed by atoms with Gasteiger partial charge in [-0.15, -0.1) is 0 Å². The zero-order valence-corrected chi connectivity index (χ0v) is 17.5. The van der Waals surface area contributed by atoms with Gasteiger partial charge in [-0.05, 0) is 66.2 Å². The molecule has 4 rings (SSSR count). The predicted molar refractivity (Wildman–Crippen MR) is 120 cm³/mol. The van der Waals surface area contributed by atoms with E-state index in [1.807, 2.05) is 24.3 Å². The second-order valence-electron chi connectivity index (χ2n) is 6.84. The molecular weight excluding hydrogens is 416 g/mol. The van der Waals surface area contributed by atoms with Gasteiger partial charge in [0.15, 0.2) is 5.82 Å². The molecule has 0 aliphatic carbocycles. The van der Waals surface area contributed by atoms with E-state index in [0.717, 1.165) is 5.56 Å². The molecule has 0 saturated heterocycles. The highest BCUT2D eigenvalue weighted by Gasteiger charge is 2.27. The summed E-state index contributed by atoms with van der Waals surface area (Å²) in [6.45, 7) is -0.184. The number of hydrogen-bond acceptors (Lipinski definition) is 5. The molecule has 2 aromatic carbocycles. The summed E-state index contributed by atoms with van der Waals surface area (Å²) >= 11 is 5.88. The van der Waals surface area contributed by atoms with Crippen LogP contribution in [0.3, 0.4) is 0 Å². The average molecular weight is 435 g/mol. The lowest BCUT2D eigenvalue weighted by Crippen LogP contribution is -2.38. The Balaban J connectivity index is 1.59. The maximum atomic E-state index is 13.1. The Morgan fingerprint density at radius 2 is 1.87 bits per heavy atom. The van der Waals surface area contributed by atoms with E-state index in [2.05, 4.69) is 15.3 Å². The molecule has 0 bridgehead atoms. The summed E-state index contributed by atoms with van der Waals surface area (Å²) in [7, 11) is 1.59. The first-order chi connectivity index (χ1) is 15.0. The second kappa shape index (κ2) is 8.97. The number of aliphatic imine (C=N–C) groups is 1. The molecule has 1 aliphatic rings. The van der Waals surface area contributed by atoms with Crippen LogP contribution in [0.2, 0.25) is 5.02 Å². The van der Waals surface area contributed by atoms with Gasteiger partial charge in [0.25, 0.3) is 0 Å². The standard InChI is InChI=1S/C23H19ClN4O3/c1-31-18-10-4-15(5-11-18)20-13-22(30)28(23-19(27-20)3-2-12-25-23)14-21(29)26-17-8-6-16(24)7-9-17/h2-12H,13-14H2,1H3,(H,26,29). The van der Waals surface area contributed by atoms with Crippen molar-refractivity contribution in [2.75, 3.05) is 23.9 Å². The van der Waals surface area contributed by atoms with E-state index < -0.39 is 0 Å². The summed E-state index contributed by atoms with van der Waals surface area (Å²) in [5.74, 6) is 0.451. The topological polar surface area (TPSA) is 83.9 Å². The molecule has 0 atom stereocenters. The lowest BCUT2D eigenvalue weighted by molar-refractivity contribution is -0.120. The number of rotatable bonds is 5. The van der Waals surface area contributed by atoms with Crippen molar-refractivity contribution in [2.45, 2.75) is 6.42 Å². The van der Waals surface area contributed by atoms with Gasteiger partial charge >= 0.3 is 0 Å². The van der Waals surface area contributed by atoms with Gasteiger partial charge in [-0.1, -0.05) is 11.6 Å². The zero-order chi connectivity index (χ0) is 21.8. The lowest BCUT2D eigenvalue weighted by Gasteiger charge is -2.20. The minimum Gasteiger partial charge on any atom is -0.497 e. The Morgan fingerprint density at radius 1 is 1.13 bits per heavy atom. The van der Waals surface area contributed by atoms with Crippen molar-refractivity contribution in [1.82, 2.24) is 4.98 Å². The fraction of sp³-hybridized carbons (Fsp3) is 0.130. The Morgan fingerprint density at radius 3 is 2.58 bits per heavy atom. The van der Waals surface area contributed by atoms with E-state index >= 15 is 0 Å². The summed E-state index contributed by atoms with van der Waals surface area (Å²) < 4.78 is 5.20. The van der Waals surface area contributed by atoms with Crippen LogP contribution in [0.25, 0.3) is 0 Å². The minimum absolute atomic E-state index is 0.0386. The molecule has 0 radical (unpaired) electrons. The Kier molecular flexibility index (Phi) is 5.95. The number of carbonyl (C=O) groups excluding carboxylic acids is 2. The van der Waals surface area contributed by atoms with Crippen LogP contribution in [0.1, 0.15) is 12.0 Å². The molecule has 1 N–H and O–H groups in total. The van der Waals surface area contributed by atoms with Crippen LogP contribution in [-0.4, -0.2) is 36.2 Å². The summed E-state index contributed by atoms with van der Waals surface area (Å²) in [6.07, 6.45) is 1.61. The van der Waals surface area contributed by atoms with Crippen molar-refractivity contribution in [1.29, 1.82) is 0 Å². The van der Waals surface area contributed by atoms with Gasteiger partial charge in [0.05, 0.1) is 19.2 Å².